The largest absolute Gasteiger partial charge is 0.352 e. The van der Waals surface area contributed by atoms with Crippen molar-refractivity contribution in [3.05, 3.63) is 55.2 Å². The second-order valence-electron chi connectivity index (χ2n) is 5.71. The quantitative estimate of drug-likeness (QED) is 0.741. The predicted octanol–water partition coefficient (Wildman–Crippen LogP) is 2.40. The molecule has 1 aliphatic rings. The lowest BCUT2D eigenvalue weighted by molar-refractivity contribution is 0.506. The van der Waals surface area contributed by atoms with Crippen LogP contribution >= 0.6 is 0 Å². The molecule has 4 rings (SSSR count). The Morgan fingerprint density at radius 1 is 1.13 bits per heavy atom. The molecule has 1 saturated heterocycles. The molecule has 0 unspecified atom stereocenters. The van der Waals surface area contributed by atoms with Gasteiger partial charge in [0.25, 0.3) is 0 Å². The molecule has 6 heteroatoms. The van der Waals surface area contributed by atoms with E-state index < -0.39 is 0 Å². The van der Waals surface area contributed by atoms with Gasteiger partial charge in [0.15, 0.2) is 5.82 Å². The molecule has 3 heterocycles. The van der Waals surface area contributed by atoms with Gasteiger partial charge in [0.2, 0.25) is 0 Å². The summed E-state index contributed by atoms with van der Waals surface area (Å²) in [5, 5.41) is 4.22. The van der Waals surface area contributed by atoms with Gasteiger partial charge in [0.1, 0.15) is 18.5 Å². The van der Waals surface area contributed by atoms with Crippen molar-refractivity contribution in [2.75, 3.05) is 11.4 Å². The highest BCUT2D eigenvalue weighted by Crippen LogP contribution is 2.26. The van der Waals surface area contributed by atoms with Gasteiger partial charge in [0.05, 0.1) is 12.6 Å². The number of hydrogen-bond donors (Lipinski definition) is 0. The fourth-order valence-electron chi connectivity index (χ4n) is 3.11. The molecule has 0 N–H and O–H groups in total. The molecule has 0 radical (unpaired) electrons. The van der Waals surface area contributed by atoms with E-state index in [1.165, 1.54) is 6.42 Å². The Kier molecular flexibility index (Phi) is 3.71. The van der Waals surface area contributed by atoms with Crippen molar-refractivity contribution in [1.82, 2.24) is 24.7 Å². The topological polar surface area (TPSA) is 59.7 Å². The van der Waals surface area contributed by atoms with Crippen LogP contribution in [-0.2, 0) is 6.54 Å². The Morgan fingerprint density at radius 2 is 2.04 bits per heavy atom. The Morgan fingerprint density at radius 3 is 2.87 bits per heavy atom. The molecule has 1 atom stereocenters. The molecule has 6 nitrogen and oxygen atoms in total. The third kappa shape index (κ3) is 2.92. The molecule has 0 bridgehead atoms. The van der Waals surface area contributed by atoms with Gasteiger partial charge in [-0.2, -0.15) is 5.10 Å². The molecule has 0 aliphatic carbocycles. The lowest BCUT2D eigenvalue weighted by Gasteiger charge is -2.25. The average molecular weight is 306 g/mol. The van der Waals surface area contributed by atoms with Crippen molar-refractivity contribution in [1.29, 1.82) is 0 Å². The smallest absolute Gasteiger partial charge is 0.161 e. The second-order valence-corrected chi connectivity index (χ2v) is 5.71. The van der Waals surface area contributed by atoms with E-state index in [1.807, 2.05) is 47.3 Å². The van der Waals surface area contributed by atoms with Crippen molar-refractivity contribution in [3.63, 3.8) is 0 Å². The molecule has 0 amide bonds. The molecule has 0 saturated carbocycles. The summed E-state index contributed by atoms with van der Waals surface area (Å²) in [7, 11) is 0. The van der Waals surface area contributed by atoms with Crippen LogP contribution in [0.4, 0.5) is 5.82 Å². The zero-order chi connectivity index (χ0) is 15.5. The van der Waals surface area contributed by atoms with Crippen LogP contribution in [-0.4, -0.2) is 37.3 Å². The van der Waals surface area contributed by atoms with Gasteiger partial charge in [-0.1, -0.05) is 30.3 Å². The molecule has 1 aromatic carbocycles. The van der Waals surface area contributed by atoms with Gasteiger partial charge in [0, 0.05) is 18.3 Å². The van der Waals surface area contributed by atoms with Crippen molar-refractivity contribution in [3.8, 4) is 11.4 Å². The standard InChI is InChI=1S/C17H18N6/c1-2-5-14(6-3-1)17-19-9-8-16(21-17)23-10-4-7-15(23)11-22-13-18-12-20-22/h1-3,5-6,8-9,12-13,15H,4,7,10-11H2/t15-/m1/s1. The Hall–Kier alpha value is -2.76. The Balaban J connectivity index is 1.59. The second kappa shape index (κ2) is 6.16. The summed E-state index contributed by atoms with van der Waals surface area (Å²) < 4.78 is 1.89. The maximum absolute atomic E-state index is 4.77. The van der Waals surface area contributed by atoms with Gasteiger partial charge in [-0.05, 0) is 18.9 Å². The monoisotopic (exact) mass is 306 g/mol. The van der Waals surface area contributed by atoms with E-state index in [1.54, 1.807) is 12.7 Å². The van der Waals surface area contributed by atoms with Crippen LogP contribution in [0.25, 0.3) is 11.4 Å². The summed E-state index contributed by atoms with van der Waals surface area (Å²) >= 11 is 0. The molecule has 1 aliphatic heterocycles. The van der Waals surface area contributed by atoms with Gasteiger partial charge < -0.3 is 4.90 Å². The summed E-state index contributed by atoms with van der Waals surface area (Å²) in [4.78, 5) is 15.6. The summed E-state index contributed by atoms with van der Waals surface area (Å²) in [6.45, 7) is 1.86. The van der Waals surface area contributed by atoms with E-state index in [4.69, 9.17) is 4.98 Å². The minimum Gasteiger partial charge on any atom is -0.352 e. The van der Waals surface area contributed by atoms with Crippen LogP contribution in [0.1, 0.15) is 12.8 Å². The van der Waals surface area contributed by atoms with Crippen molar-refractivity contribution in [2.45, 2.75) is 25.4 Å². The highest BCUT2D eigenvalue weighted by atomic mass is 15.3. The predicted molar refractivity (Wildman–Crippen MR) is 87.9 cm³/mol. The minimum absolute atomic E-state index is 0.398. The van der Waals surface area contributed by atoms with E-state index in [2.05, 4.69) is 20.0 Å². The van der Waals surface area contributed by atoms with Crippen molar-refractivity contribution < 1.29 is 0 Å². The SMILES string of the molecule is c1ccc(-c2nccc(N3CCC[C@@H]3Cn3cncn3)n2)cc1. The molecule has 116 valence electrons. The van der Waals surface area contributed by atoms with Gasteiger partial charge >= 0.3 is 0 Å². The number of aromatic nitrogens is 5. The van der Waals surface area contributed by atoms with E-state index in [-0.39, 0.29) is 0 Å². The lowest BCUT2D eigenvalue weighted by atomic mass is 10.2. The maximum Gasteiger partial charge on any atom is 0.161 e. The van der Waals surface area contributed by atoms with Gasteiger partial charge in [-0.25, -0.2) is 15.0 Å². The van der Waals surface area contributed by atoms with Crippen molar-refractivity contribution >= 4 is 5.82 Å². The van der Waals surface area contributed by atoms with Crippen LogP contribution < -0.4 is 4.90 Å². The van der Waals surface area contributed by atoms with E-state index in [9.17, 15) is 0 Å². The highest BCUT2D eigenvalue weighted by molar-refractivity contribution is 5.57. The van der Waals surface area contributed by atoms with Crippen LogP contribution in [0.2, 0.25) is 0 Å². The Labute approximate surface area is 134 Å². The lowest BCUT2D eigenvalue weighted by Crippen LogP contribution is -2.33. The first-order valence-electron chi connectivity index (χ1n) is 7.88. The Bertz CT molecular complexity index is 756. The zero-order valence-electron chi connectivity index (χ0n) is 12.8. The first kappa shape index (κ1) is 13.9. The number of benzene rings is 1. The normalized spacial score (nSPS) is 17.6. The molecule has 0 spiro atoms. The van der Waals surface area contributed by atoms with Crippen LogP contribution in [0.3, 0.4) is 0 Å². The third-order valence-electron chi connectivity index (χ3n) is 4.21. The molecule has 3 aromatic rings. The average Bonchev–Trinajstić information content (AvgIpc) is 3.28. The highest BCUT2D eigenvalue weighted by Gasteiger charge is 2.26. The summed E-state index contributed by atoms with van der Waals surface area (Å²) in [5.74, 6) is 1.76. The van der Waals surface area contributed by atoms with E-state index >= 15 is 0 Å². The van der Waals surface area contributed by atoms with Gasteiger partial charge in [-0.15, -0.1) is 0 Å². The summed E-state index contributed by atoms with van der Waals surface area (Å²) in [6, 6.07) is 12.5. The molecular weight excluding hydrogens is 288 g/mol. The summed E-state index contributed by atoms with van der Waals surface area (Å²) in [6.07, 6.45) is 7.51. The minimum atomic E-state index is 0.398. The van der Waals surface area contributed by atoms with Crippen LogP contribution in [0.5, 0.6) is 0 Å². The van der Waals surface area contributed by atoms with Crippen LogP contribution in [0.15, 0.2) is 55.2 Å². The fourth-order valence-corrected chi connectivity index (χ4v) is 3.11. The molecule has 23 heavy (non-hydrogen) atoms. The summed E-state index contributed by atoms with van der Waals surface area (Å²) in [5.41, 5.74) is 1.04. The third-order valence-corrected chi connectivity index (χ3v) is 4.21. The van der Waals surface area contributed by atoms with E-state index in [0.717, 1.165) is 36.7 Å². The van der Waals surface area contributed by atoms with Crippen LogP contribution in [0, 0.1) is 0 Å². The molecule has 1 fully saturated rings. The molecular formula is C17H18N6. The maximum atomic E-state index is 4.77. The number of anilines is 1. The number of nitrogens with zero attached hydrogens (tertiary/aromatic N) is 6. The number of rotatable bonds is 4. The first-order valence-corrected chi connectivity index (χ1v) is 7.88. The fraction of sp³-hybridized carbons (Fsp3) is 0.294. The molecule has 2 aromatic heterocycles. The van der Waals surface area contributed by atoms with Crippen molar-refractivity contribution in [2.24, 2.45) is 0 Å². The first-order chi connectivity index (χ1) is 11.4. The zero-order valence-corrected chi connectivity index (χ0v) is 12.8. The van der Waals surface area contributed by atoms with Gasteiger partial charge in [-0.3, -0.25) is 4.68 Å². The van der Waals surface area contributed by atoms with E-state index in [0.29, 0.717) is 6.04 Å². The number of hydrogen-bond acceptors (Lipinski definition) is 5.